The molecule has 0 bridgehead atoms. The van der Waals surface area contributed by atoms with E-state index in [-0.39, 0.29) is 29.8 Å². The standard InChI is InChI=1S/C15H20N2O5S/c1-9(2)16-13(19)7-22-15(20)11-8-23-14(17(11)10(3)18)12-5-4-6-21-12/h4-6,9,11,14H,7-8H2,1-3H3,(H,16,19)/t11-,14-/m0/s1. The summed E-state index contributed by atoms with van der Waals surface area (Å²) in [6.07, 6.45) is 1.52. The van der Waals surface area contributed by atoms with Gasteiger partial charge in [0, 0.05) is 18.7 Å². The molecule has 0 aliphatic carbocycles. The Hall–Kier alpha value is -1.96. The SMILES string of the molecule is CC(=O)N1[C@H](C(=O)OCC(=O)NC(C)C)CS[C@H]1c1ccco1. The van der Waals surface area contributed by atoms with E-state index >= 15 is 0 Å². The Balaban J connectivity index is 1.99. The molecule has 1 aromatic rings. The van der Waals surface area contributed by atoms with Crippen LogP contribution in [0.5, 0.6) is 0 Å². The first-order chi connectivity index (χ1) is 10.9. The van der Waals surface area contributed by atoms with Crippen molar-refractivity contribution in [3.8, 4) is 0 Å². The van der Waals surface area contributed by atoms with Crippen LogP contribution in [0.2, 0.25) is 0 Å². The van der Waals surface area contributed by atoms with E-state index in [9.17, 15) is 14.4 Å². The zero-order valence-electron chi connectivity index (χ0n) is 13.3. The quantitative estimate of drug-likeness (QED) is 0.813. The Morgan fingerprint density at radius 1 is 1.48 bits per heavy atom. The second-order valence-corrected chi connectivity index (χ2v) is 6.59. The lowest BCUT2D eigenvalue weighted by atomic mass is 10.2. The minimum absolute atomic E-state index is 0.0275. The maximum absolute atomic E-state index is 12.2. The summed E-state index contributed by atoms with van der Waals surface area (Å²) in [5, 5.41) is 2.28. The molecule has 2 amide bonds. The fourth-order valence-corrected chi connectivity index (χ4v) is 3.74. The van der Waals surface area contributed by atoms with Crippen LogP contribution in [0.15, 0.2) is 22.8 Å². The Morgan fingerprint density at radius 2 is 2.22 bits per heavy atom. The predicted molar refractivity (Wildman–Crippen MR) is 84.5 cm³/mol. The lowest BCUT2D eigenvalue weighted by Crippen LogP contribution is -2.44. The summed E-state index contributed by atoms with van der Waals surface area (Å²) >= 11 is 1.43. The minimum atomic E-state index is -0.723. The number of ether oxygens (including phenoxy) is 1. The highest BCUT2D eigenvalue weighted by molar-refractivity contribution is 7.99. The molecule has 1 aliphatic heterocycles. The van der Waals surface area contributed by atoms with Crippen molar-refractivity contribution >= 4 is 29.5 Å². The van der Waals surface area contributed by atoms with E-state index < -0.39 is 12.0 Å². The minimum Gasteiger partial charge on any atom is -0.466 e. The Labute approximate surface area is 138 Å². The molecule has 0 radical (unpaired) electrons. The van der Waals surface area contributed by atoms with Gasteiger partial charge in [0.2, 0.25) is 5.91 Å². The fraction of sp³-hybridized carbons (Fsp3) is 0.533. The third kappa shape index (κ3) is 4.28. The van der Waals surface area contributed by atoms with Gasteiger partial charge in [-0.15, -0.1) is 11.8 Å². The average molecular weight is 340 g/mol. The average Bonchev–Trinajstić information content (AvgIpc) is 3.11. The topological polar surface area (TPSA) is 88.8 Å². The van der Waals surface area contributed by atoms with E-state index in [1.54, 1.807) is 12.1 Å². The highest BCUT2D eigenvalue weighted by atomic mass is 32.2. The summed E-state index contributed by atoms with van der Waals surface area (Å²) in [7, 11) is 0. The number of rotatable bonds is 5. The highest BCUT2D eigenvalue weighted by Crippen LogP contribution is 2.41. The third-order valence-electron chi connectivity index (χ3n) is 3.22. The molecule has 0 unspecified atom stereocenters. The smallest absolute Gasteiger partial charge is 0.330 e. The maximum atomic E-state index is 12.2. The van der Waals surface area contributed by atoms with Gasteiger partial charge in [-0.1, -0.05) is 0 Å². The number of esters is 1. The number of nitrogens with one attached hydrogen (secondary N) is 1. The maximum Gasteiger partial charge on any atom is 0.330 e. The van der Waals surface area contributed by atoms with E-state index in [0.29, 0.717) is 11.5 Å². The van der Waals surface area contributed by atoms with Gasteiger partial charge in [-0.3, -0.25) is 9.59 Å². The van der Waals surface area contributed by atoms with Crippen LogP contribution >= 0.6 is 11.8 Å². The summed E-state index contributed by atoms with van der Waals surface area (Å²) in [4.78, 5) is 37.1. The van der Waals surface area contributed by atoms with Crippen LogP contribution in [0, 0.1) is 0 Å². The van der Waals surface area contributed by atoms with E-state index in [1.165, 1.54) is 29.8 Å². The van der Waals surface area contributed by atoms with Gasteiger partial charge in [0.1, 0.15) is 17.2 Å². The Bertz CT molecular complexity index is 572. The van der Waals surface area contributed by atoms with Crippen molar-refractivity contribution in [1.29, 1.82) is 0 Å². The first-order valence-corrected chi connectivity index (χ1v) is 8.35. The normalized spacial score (nSPS) is 20.6. The number of thioether (sulfide) groups is 1. The van der Waals surface area contributed by atoms with Crippen molar-refractivity contribution in [2.45, 2.75) is 38.2 Å². The van der Waals surface area contributed by atoms with Crippen LogP contribution in [-0.4, -0.2) is 47.1 Å². The summed E-state index contributed by atoms with van der Waals surface area (Å²) in [6.45, 7) is 4.68. The predicted octanol–water partition coefficient (Wildman–Crippen LogP) is 1.31. The van der Waals surface area contributed by atoms with E-state index in [0.717, 1.165) is 0 Å². The first kappa shape index (κ1) is 17.4. The molecule has 1 saturated heterocycles. The number of carbonyl (C=O) groups excluding carboxylic acids is 3. The molecule has 1 aliphatic rings. The lowest BCUT2D eigenvalue weighted by Gasteiger charge is -2.25. The van der Waals surface area contributed by atoms with Gasteiger partial charge < -0.3 is 19.4 Å². The van der Waals surface area contributed by atoms with Crippen LogP contribution in [0.25, 0.3) is 0 Å². The van der Waals surface area contributed by atoms with Crippen LogP contribution in [0.3, 0.4) is 0 Å². The van der Waals surface area contributed by atoms with Crippen LogP contribution < -0.4 is 5.32 Å². The summed E-state index contributed by atoms with van der Waals surface area (Å²) in [5.74, 6) is -0.185. The number of nitrogens with zero attached hydrogens (tertiary/aromatic N) is 1. The van der Waals surface area contributed by atoms with Crippen molar-refractivity contribution in [3.05, 3.63) is 24.2 Å². The van der Waals surface area contributed by atoms with Crippen LogP contribution in [-0.2, 0) is 19.1 Å². The fourth-order valence-electron chi connectivity index (χ4n) is 2.32. The Morgan fingerprint density at radius 3 is 2.78 bits per heavy atom. The van der Waals surface area contributed by atoms with Crippen molar-refractivity contribution in [3.63, 3.8) is 0 Å². The Kier molecular flexibility index (Phi) is 5.70. The number of hydrogen-bond donors (Lipinski definition) is 1. The van der Waals surface area contributed by atoms with E-state index in [1.807, 2.05) is 13.8 Å². The molecule has 126 valence electrons. The van der Waals surface area contributed by atoms with Gasteiger partial charge in [0.15, 0.2) is 6.61 Å². The number of furan rings is 1. The molecule has 1 N–H and O–H groups in total. The molecular formula is C15H20N2O5S. The number of hydrogen-bond acceptors (Lipinski definition) is 6. The molecule has 0 aromatic carbocycles. The lowest BCUT2D eigenvalue weighted by molar-refractivity contribution is -0.156. The molecule has 1 fully saturated rings. The summed E-state index contributed by atoms with van der Waals surface area (Å²) in [6, 6.07) is 2.74. The molecule has 0 spiro atoms. The van der Waals surface area contributed by atoms with Crippen molar-refractivity contribution < 1.29 is 23.5 Å². The molecule has 23 heavy (non-hydrogen) atoms. The second-order valence-electron chi connectivity index (χ2n) is 5.47. The van der Waals surface area contributed by atoms with Gasteiger partial charge in [-0.2, -0.15) is 0 Å². The van der Waals surface area contributed by atoms with Gasteiger partial charge >= 0.3 is 5.97 Å². The zero-order chi connectivity index (χ0) is 17.0. The molecule has 2 heterocycles. The zero-order valence-corrected chi connectivity index (χ0v) is 14.1. The van der Waals surface area contributed by atoms with Gasteiger partial charge in [0.05, 0.1) is 6.26 Å². The third-order valence-corrected chi connectivity index (χ3v) is 4.50. The highest BCUT2D eigenvalue weighted by Gasteiger charge is 2.43. The van der Waals surface area contributed by atoms with Gasteiger partial charge in [0.25, 0.3) is 5.91 Å². The molecule has 7 nitrogen and oxygen atoms in total. The second kappa shape index (κ2) is 7.54. The van der Waals surface area contributed by atoms with Crippen molar-refractivity contribution in [1.82, 2.24) is 10.2 Å². The first-order valence-electron chi connectivity index (χ1n) is 7.30. The number of amides is 2. The molecular weight excluding hydrogens is 320 g/mol. The summed E-state index contributed by atoms with van der Waals surface area (Å²) in [5.41, 5.74) is 0. The summed E-state index contributed by atoms with van der Waals surface area (Å²) < 4.78 is 10.4. The van der Waals surface area contributed by atoms with Gasteiger partial charge in [-0.05, 0) is 26.0 Å². The van der Waals surface area contributed by atoms with Gasteiger partial charge in [-0.25, -0.2) is 4.79 Å². The van der Waals surface area contributed by atoms with E-state index in [4.69, 9.17) is 9.15 Å². The van der Waals surface area contributed by atoms with Crippen LogP contribution in [0.4, 0.5) is 0 Å². The molecule has 0 saturated carbocycles. The molecule has 1 aromatic heterocycles. The number of carbonyl (C=O) groups is 3. The monoisotopic (exact) mass is 340 g/mol. The van der Waals surface area contributed by atoms with E-state index in [2.05, 4.69) is 5.32 Å². The molecule has 8 heteroatoms. The molecule has 2 atom stereocenters. The largest absolute Gasteiger partial charge is 0.466 e. The van der Waals surface area contributed by atoms with Crippen molar-refractivity contribution in [2.75, 3.05) is 12.4 Å². The molecule has 2 rings (SSSR count). The van der Waals surface area contributed by atoms with Crippen LogP contribution in [0.1, 0.15) is 31.9 Å². The van der Waals surface area contributed by atoms with Crippen molar-refractivity contribution in [2.24, 2.45) is 0 Å².